The number of amides is 2. The number of hydrogen-bond acceptors (Lipinski definition) is 6. The molecule has 3 saturated heterocycles. The molecule has 2 bridgehead atoms. The smallest absolute Gasteiger partial charge is 0.310 e. The van der Waals surface area contributed by atoms with Crippen molar-refractivity contribution in [1.82, 2.24) is 4.90 Å². The number of para-hydroxylation sites is 1. The number of halogens is 2. The van der Waals surface area contributed by atoms with E-state index in [2.05, 4.69) is 29.1 Å². The minimum Gasteiger partial charge on any atom is -0.465 e. The average Bonchev–Trinajstić information content (AvgIpc) is 3.49. The first-order valence-corrected chi connectivity index (χ1v) is 15.5. The zero-order chi connectivity index (χ0) is 28.5. The third-order valence-electron chi connectivity index (χ3n) is 8.06. The van der Waals surface area contributed by atoms with E-state index in [0.29, 0.717) is 23.6 Å². The van der Waals surface area contributed by atoms with E-state index >= 15 is 0 Å². The number of carbonyl (C=O) groups excluding carboxylic acids is 3. The Bertz CT molecular complexity index is 1130. The zero-order valence-corrected chi connectivity index (χ0v) is 25.5. The third kappa shape index (κ3) is 5.20. The maximum atomic E-state index is 14.6. The van der Waals surface area contributed by atoms with Crippen LogP contribution in [0.25, 0.3) is 0 Å². The fourth-order valence-corrected chi connectivity index (χ4v) is 10.2. The van der Waals surface area contributed by atoms with Crippen molar-refractivity contribution >= 4 is 62.8 Å². The van der Waals surface area contributed by atoms with Gasteiger partial charge in [0, 0.05) is 16.6 Å². The third-order valence-corrected chi connectivity index (χ3v) is 11.6. The molecule has 0 aromatic heterocycles. The summed E-state index contributed by atoms with van der Waals surface area (Å²) in [6.45, 7) is 11.5. The first-order valence-electron chi connectivity index (χ1n) is 13.3. The van der Waals surface area contributed by atoms with Gasteiger partial charge in [-0.05, 0) is 37.3 Å². The van der Waals surface area contributed by atoms with Crippen molar-refractivity contribution in [2.75, 3.05) is 24.7 Å². The second-order valence-corrected chi connectivity index (χ2v) is 13.8. The highest BCUT2D eigenvalue weighted by Crippen LogP contribution is 2.68. The number of thioether (sulfide) groups is 1. The van der Waals surface area contributed by atoms with E-state index in [0.717, 1.165) is 6.42 Å². The number of anilines is 1. The lowest BCUT2D eigenvalue weighted by Gasteiger charge is -2.41. The Labute approximate surface area is 248 Å². The minimum absolute atomic E-state index is 0.0766. The molecule has 10 heteroatoms. The largest absolute Gasteiger partial charge is 0.465 e. The summed E-state index contributed by atoms with van der Waals surface area (Å²) in [5.74, 6) is -2.53. The van der Waals surface area contributed by atoms with E-state index in [1.807, 2.05) is 13.8 Å². The summed E-state index contributed by atoms with van der Waals surface area (Å²) in [4.78, 5) is 45.5. The topological polar surface area (TPSA) is 87.2 Å². The van der Waals surface area contributed by atoms with Gasteiger partial charge in [-0.3, -0.25) is 14.4 Å². The van der Waals surface area contributed by atoms with Crippen molar-refractivity contribution in [2.45, 2.75) is 60.0 Å². The van der Waals surface area contributed by atoms with Gasteiger partial charge < -0.3 is 19.6 Å². The lowest BCUT2D eigenvalue weighted by Crippen LogP contribution is -2.59. The standard InChI is InChI=1S/C29H36BrClN2O5S/c1-5-7-10-14-38-28(37)22-23-26(35)33(21(16-34)17(3)4)25(29(23)15-18(30)24(22)39-29)27(36)32(13-6-2)20-12-9-8-11-19(20)31/h5-6,8-9,11-12,17-18,21-25,34H,1-2,7,10,13-16H2,3-4H3/t18?,21-,22+,23-,24+,25?,29?/m0/s1. The Hall–Kier alpha value is -1.81. The molecule has 7 atom stereocenters. The van der Waals surface area contributed by atoms with E-state index in [9.17, 15) is 19.5 Å². The van der Waals surface area contributed by atoms with Crippen LogP contribution in [0.15, 0.2) is 49.6 Å². The minimum atomic E-state index is -0.903. The molecule has 0 aliphatic carbocycles. The Morgan fingerprint density at radius 1 is 1.33 bits per heavy atom. The summed E-state index contributed by atoms with van der Waals surface area (Å²) < 4.78 is 4.79. The molecule has 4 rings (SSSR count). The zero-order valence-electron chi connectivity index (χ0n) is 22.3. The molecule has 1 spiro atoms. The number of hydrogen-bond donors (Lipinski definition) is 1. The molecule has 1 N–H and O–H groups in total. The number of unbranched alkanes of at least 4 members (excludes halogenated alkanes) is 1. The normalized spacial score (nSPS) is 29.8. The highest BCUT2D eigenvalue weighted by Gasteiger charge is 2.76. The number of aliphatic hydroxyl groups excluding tert-OH is 1. The average molecular weight is 640 g/mol. The van der Waals surface area contributed by atoms with Gasteiger partial charge in [0.25, 0.3) is 5.91 Å². The number of ether oxygens (including phenoxy) is 1. The number of esters is 1. The van der Waals surface area contributed by atoms with Crippen molar-refractivity contribution in [3.05, 3.63) is 54.6 Å². The van der Waals surface area contributed by atoms with Crippen molar-refractivity contribution in [3.63, 3.8) is 0 Å². The number of nitrogens with zero attached hydrogens (tertiary/aromatic N) is 2. The highest BCUT2D eigenvalue weighted by molar-refractivity contribution is 9.09. The van der Waals surface area contributed by atoms with Gasteiger partial charge in [-0.25, -0.2) is 0 Å². The predicted octanol–water partition coefficient (Wildman–Crippen LogP) is 4.85. The van der Waals surface area contributed by atoms with E-state index in [4.69, 9.17) is 16.3 Å². The fourth-order valence-electron chi connectivity index (χ4n) is 6.34. The van der Waals surface area contributed by atoms with Gasteiger partial charge in [-0.1, -0.05) is 65.7 Å². The molecule has 7 nitrogen and oxygen atoms in total. The van der Waals surface area contributed by atoms with E-state index in [-0.39, 0.29) is 47.6 Å². The van der Waals surface area contributed by atoms with Gasteiger partial charge in [-0.15, -0.1) is 24.9 Å². The number of benzene rings is 1. The van der Waals surface area contributed by atoms with Crippen LogP contribution >= 0.6 is 39.3 Å². The molecule has 3 unspecified atom stereocenters. The van der Waals surface area contributed by atoms with Gasteiger partial charge in [0.05, 0.1) is 46.5 Å². The van der Waals surface area contributed by atoms with Crippen LogP contribution in [0.3, 0.4) is 0 Å². The maximum Gasteiger partial charge on any atom is 0.310 e. The van der Waals surface area contributed by atoms with Crippen molar-refractivity contribution in [1.29, 1.82) is 0 Å². The second kappa shape index (κ2) is 12.4. The molecule has 3 aliphatic rings. The molecule has 1 aromatic carbocycles. The molecule has 212 valence electrons. The Morgan fingerprint density at radius 2 is 2.05 bits per heavy atom. The summed E-state index contributed by atoms with van der Waals surface area (Å²) in [6, 6.07) is 5.57. The van der Waals surface area contributed by atoms with Crippen molar-refractivity contribution in [2.24, 2.45) is 17.8 Å². The summed E-state index contributed by atoms with van der Waals surface area (Å²) in [7, 11) is 0. The van der Waals surface area contributed by atoms with Crippen LogP contribution in [0.2, 0.25) is 5.02 Å². The van der Waals surface area contributed by atoms with Gasteiger partial charge in [0.1, 0.15) is 6.04 Å². The summed E-state index contributed by atoms with van der Waals surface area (Å²) in [5.41, 5.74) is 0.521. The van der Waals surface area contributed by atoms with Crippen LogP contribution < -0.4 is 4.90 Å². The lowest BCUT2D eigenvalue weighted by molar-refractivity contribution is -0.154. The molecule has 0 radical (unpaired) electrons. The van der Waals surface area contributed by atoms with Crippen molar-refractivity contribution in [3.8, 4) is 0 Å². The summed E-state index contributed by atoms with van der Waals surface area (Å²) >= 11 is 11.8. The first kappa shape index (κ1) is 30.2. The summed E-state index contributed by atoms with van der Waals surface area (Å²) in [6.07, 6.45) is 5.31. The SMILES string of the molecule is C=CCCCOC(=O)[C@H]1[C@@H]2SC3(CC2Br)C(C(=O)N(CC=C)c2ccccc2Cl)N([C@@H](CO)C(C)C)C(=O)[C@H]13. The quantitative estimate of drug-likeness (QED) is 0.152. The van der Waals surface area contributed by atoms with Crippen LogP contribution in [-0.2, 0) is 19.1 Å². The number of carbonyl (C=O) groups is 3. The van der Waals surface area contributed by atoms with Gasteiger partial charge in [0.15, 0.2) is 0 Å². The van der Waals surface area contributed by atoms with Crippen LogP contribution in [-0.4, -0.2) is 74.5 Å². The molecule has 2 amide bonds. The number of rotatable bonds is 12. The number of aliphatic hydroxyl groups is 1. The van der Waals surface area contributed by atoms with Crippen LogP contribution in [0.1, 0.15) is 33.1 Å². The van der Waals surface area contributed by atoms with Gasteiger partial charge in [0.2, 0.25) is 5.91 Å². The molecule has 39 heavy (non-hydrogen) atoms. The Balaban J connectivity index is 1.80. The molecule has 3 fully saturated rings. The number of alkyl halides is 1. The van der Waals surface area contributed by atoms with Gasteiger partial charge in [-0.2, -0.15) is 0 Å². The first-order chi connectivity index (χ1) is 18.6. The van der Waals surface area contributed by atoms with Crippen molar-refractivity contribution < 1.29 is 24.2 Å². The van der Waals surface area contributed by atoms with Crippen LogP contribution in [0.5, 0.6) is 0 Å². The van der Waals surface area contributed by atoms with E-state index in [1.165, 1.54) is 0 Å². The highest BCUT2D eigenvalue weighted by atomic mass is 79.9. The monoisotopic (exact) mass is 638 g/mol. The van der Waals surface area contributed by atoms with Gasteiger partial charge >= 0.3 is 5.97 Å². The number of fused-ring (bicyclic) bond motifs is 1. The van der Waals surface area contributed by atoms with Crippen LogP contribution in [0, 0.1) is 17.8 Å². The summed E-state index contributed by atoms with van der Waals surface area (Å²) in [5, 5.41) is 10.6. The molecular weight excluding hydrogens is 604 g/mol. The predicted molar refractivity (Wildman–Crippen MR) is 159 cm³/mol. The molecular formula is C29H36BrClN2O5S. The maximum absolute atomic E-state index is 14.6. The van der Waals surface area contributed by atoms with Crippen LogP contribution in [0.4, 0.5) is 5.69 Å². The molecule has 3 aliphatic heterocycles. The Morgan fingerprint density at radius 3 is 2.67 bits per heavy atom. The molecule has 0 saturated carbocycles. The number of likely N-dealkylation sites (tertiary alicyclic amines) is 1. The second-order valence-electron chi connectivity index (χ2n) is 10.7. The van der Waals surface area contributed by atoms with E-state index < -0.39 is 34.6 Å². The fraction of sp³-hybridized carbons (Fsp3) is 0.552. The lowest BCUT2D eigenvalue weighted by atomic mass is 9.71. The van der Waals surface area contributed by atoms with E-state index in [1.54, 1.807) is 58.0 Å². The molecule has 1 aromatic rings. The number of allylic oxidation sites excluding steroid dienone is 1. The molecule has 3 heterocycles. The Kier molecular flexibility index (Phi) is 9.56.